The van der Waals surface area contributed by atoms with Crippen LogP contribution >= 0.6 is 11.3 Å². The number of carbonyl (C=O) groups is 2. The maximum absolute atomic E-state index is 13.4. The highest BCUT2D eigenvalue weighted by Gasteiger charge is 2.43. The van der Waals surface area contributed by atoms with Gasteiger partial charge in [0.1, 0.15) is 6.10 Å². The third-order valence-electron chi connectivity index (χ3n) is 6.36. The van der Waals surface area contributed by atoms with E-state index < -0.39 is 0 Å². The fourth-order valence-corrected chi connectivity index (χ4v) is 5.86. The Morgan fingerprint density at radius 2 is 1.90 bits per heavy atom. The summed E-state index contributed by atoms with van der Waals surface area (Å²) < 4.78 is 6.00. The Morgan fingerprint density at radius 1 is 1.17 bits per heavy atom. The molecular weight excluding hydrogens is 382 g/mol. The second-order valence-corrected chi connectivity index (χ2v) is 10.4. The molecule has 3 aliphatic rings. The number of dihydropyridines is 1. The largest absolute Gasteiger partial charge is 0.459 e. The van der Waals surface area contributed by atoms with Gasteiger partial charge in [0, 0.05) is 28.3 Å². The molecule has 0 spiro atoms. The van der Waals surface area contributed by atoms with Crippen molar-refractivity contribution >= 4 is 23.1 Å². The van der Waals surface area contributed by atoms with Gasteiger partial charge in [0.15, 0.2) is 5.78 Å². The van der Waals surface area contributed by atoms with Crippen molar-refractivity contribution in [3.8, 4) is 0 Å². The molecule has 4 nitrogen and oxygen atoms in total. The lowest BCUT2D eigenvalue weighted by atomic mass is 9.70. The van der Waals surface area contributed by atoms with Crippen molar-refractivity contribution in [2.45, 2.75) is 84.2 Å². The Bertz CT molecular complexity index is 855. The van der Waals surface area contributed by atoms with Gasteiger partial charge < -0.3 is 10.1 Å². The fraction of sp³-hybridized carbons (Fsp3) is 0.583. The summed E-state index contributed by atoms with van der Waals surface area (Å²) in [4.78, 5) is 27.6. The van der Waals surface area contributed by atoms with Crippen LogP contribution in [0.2, 0.25) is 0 Å². The van der Waals surface area contributed by atoms with Crippen LogP contribution in [-0.2, 0) is 14.3 Å². The average Bonchev–Trinajstić information content (AvgIpc) is 3.04. The van der Waals surface area contributed by atoms with E-state index in [4.69, 9.17) is 4.74 Å². The van der Waals surface area contributed by atoms with Crippen LogP contribution in [0.25, 0.3) is 0 Å². The van der Waals surface area contributed by atoms with Crippen molar-refractivity contribution in [1.82, 2.24) is 5.32 Å². The Hall–Kier alpha value is -1.88. The molecule has 0 unspecified atom stereocenters. The third kappa shape index (κ3) is 4.20. The number of allylic oxidation sites excluding steroid dienone is 3. The number of rotatable bonds is 3. The first kappa shape index (κ1) is 20.4. The van der Waals surface area contributed by atoms with E-state index in [9.17, 15) is 9.59 Å². The predicted molar refractivity (Wildman–Crippen MR) is 116 cm³/mol. The number of hydrogen-bond donors (Lipinski definition) is 1. The normalized spacial score (nSPS) is 25.3. The summed E-state index contributed by atoms with van der Waals surface area (Å²) in [6, 6.07) is 4.02. The first-order valence-electron chi connectivity index (χ1n) is 10.8. The van der Waals surface area contributed by atoms with Crippen LogP contribution in [0.5, 0.6) is 0 Å². The topological polar surface area (TPSA) is 55.4 Å². The summed E-state index contributed by atoms with van der Waals surface area (Å²) in [7, 11) is 0. The molecule has 0 saturated heterocycles. The van der Waals surface area contributed by atoms with Gasteiger partial charge in [-0.2, -0.15) is 0 Å². The number of hydrogen-bond acceptors (Lipinski definition) is 5. The van der Waals surface area contributed by atoms with Crippen LogP contribution in [0.1, 0.15) is 82.9 Å². The van der Waals surface area contributed by atoms with Crippen molar-refractivity contribution in [3.05, 3.63) is 44.9 Å². The summed E-state index contributed by atoms with van der Waals surface area (Å²) in [5, 5.41) is 5.43. The zero-order valence-electron chi connectivity index (χ0n) is 17.7. The molecule has 156 valence electrons. The van der Waals surface area contributed by atoms with E-state index in [0.717, 1.165) is 53.9 Å². The number of esters is 1. The van der Waals surface area contributed by atoms with Crippen molar-refractivity contribution in [1.29, 1.82) is 0 Å². The van der Waals surface area contributed by atoms with E-state index in [1.165, 1.54) is 12.8 Å². The highest BCUT2D eigenvalue weighted by Crippen LogP contribution is 2.47. The second kappa shape index (κ2) is 8.10. The van der Waals surface area contributed by atoms with E-state index in [-0.39, 0.29) is 29.2 Å². The predicted octanol–water partition coefficient (Wildman–Crippen LogP) is 5.62. The zero-order chi connectivity index (χ0) is 20.6. The average molecular weight is 414 g/mol. The Labute approximate surface area is 177 Å². The SMILES string of the molecule is CC1=C(C(=O)OC2CCCCCC2)[C@@H](c2cccs2)C2=C(CC(C)(C)CC2=O)N1. The molecule has 2 aliphatic carbocycles. The van der Waals surface area contributed by atoms with Crippen molar-refractivity contribution < 1.29 is 14.3 Å². The van der Waals surface area contributed by atoms with Gasteiger partial charge in [0.25, 0.3) is 0 Å². The van der Waals surface area contributed by atoms with Gasteiger partial charge in [-0.25, -0.2) is 4.79 Å². The minimum Gasteiger partial charge on any atom is -0.459 e. The van der Waals surface area contributed by atoms with Crippen molar-refractivity contribution in [3.63, 3.8) is 0 Å². The molecule has 1 aromatic heterocycles. The van der Waals surface area contributed by atoms with Crippen LogP contribution in [0.15, 0.2) is 40.1 Å². The Morgan fingerprint density at radius 3 is 2.55 bits per heavy atom. The molecule has 2 heterocycles. The Kier molecular flexibility index (Phi) is 5.69. The minimum absolute atomic E-state index is 0.00865. The van der Waals surface area contributed by atoms with Gasteiger partial charge in [-0.1, -0.05) is 32.8 Å². The molecule has 0 amide bonds. The number of carbonyl (C=O) groups excluding carboxylic acids is 2. The Balaban J connectivity index is 1.69. The molecule has 1 aliphatic heterocycles. The van der Waals surface area contributed by atoms with Crippen molar-refractivity contribution in [2.75, 3.05) is 0 Å². The molecule has 0 aromatic carbocycles. The van der Waals surface area contributed by atoms with Gasteiger partial charge >= 0.3 is 5.97 Å². The van der Waals surface area contributed by atoms with Gasteiger partial charge in [-0.3, -0.25) is 4.79 Å². The first-order valence-corrected chi connectivity index (χ1v) is 11.7. The number of ether oxygens (including phenoxy) is 1. The standard InChI is InChI=1S/C24H31NO3S/c1-15-20(23(27)28-16-9-6-4-5-7-10-16)22(19-11-8-12-29-19)21-17(25-15)13-24(2,3)14-18(21)26/h8,11-12,16,22,25H,4-7,9-10,13-14H2,1-3H3/t22-/m1/s1. The number of ketones is 1. The highest BCUT2D eigenvalue weighted by atomic mass is 32.1. The van der Waals surface area contributed by atoms with Gasteiger partial charge in [-0.05, 0) is 55.9 Å². The van der Waals surface area contributed by atoms with Crippen LogP contribution in [-0.4, -0.2) is 17.9 Å². The monoisotopic (exact) mass is 413 g/mol. The molecule has 1 saturated carbocycles. The lowest BCUT2D eigenvalue weighted by molar-refractivity contribution is -0.145. The van der Waals surface area contributed by atoms with Crippen LogP contribution in [0.4, 0.5) is 0 Å². The van der Waals surface area contributed by atoms with E-state index in [1.807, 2.05) is 24.4 Å². The fourth-order valence-electron chi connectivity index (χ4n) is 5.02. The molecule has 4 rings (SSSR count). The van der Waals surface area contributed by atoms with Crippen LogP contribution in [0.3, 0.4) is 0 Å². The summed E-state index contributed by atoms with van der Waals surface area (Å²) in [5.41, 5.74) is 3.12. The second-order valence-electron chi connectivity index (χ2n) is 9.46. The van der Waals surface area contributed by atoms with E-state index in [2.05, 4.69) is 19.2 Å². The lowest BCUT2D eigenvalue weighted by Crippen LogP contribution is -2.39. The van der Waals surface area contributed by atoms with Crippen molar-refractivity contribution in [2.24, 2.45) is 5.41 Å². The highest BCUT2D eigenvalue weighted by molar-refractivity contribution is 7.10. The zero-order valence-corrected chi connectivity index (χ0v) is 18.5. The van der Waals surface area contributed by atoms with Gasteiger partial charge in [0.05, 0.1) is 11.5 Å². The molecular formula is C24H31NO3S. The summed E-state index contributed by atoms with van der Waals surface area (Å²) >= 11 is 1.60. The molecule has 5 heteroatoms. The number of nitrogens with one attached hydrogen (secondary N) is 1. The molecule has 1 atom stereocenters. The smallest absolute Gasteiger partial charge is 0.337 e. The maximum Gasteiger partial charge on any atom is 0.337 e. The minimum atomic E-state index is -0.312. The van der Waals surface area contributed by atoms with E-state index in [0.29, 0.717) is 12.0 Å². The first-order chi connectivity index (χ1) is 13.9. The van der Waals surface area contributed by atoms with E-state index >= 15 is 0 Å². The molecule has 0 bridgehead atoms. The maximum atomic E-state index is 13.4. The van der Waals surface area contributed by atoms with Gasteiger partial charge in [0.2, 0.25) is 0 Å². The molecule has 0 radical (unpaired) electrons. The van der Waals surface area contributed by atoms with Crippen LogP contribution in [0, 0.1) is 5.41 Å². The molecule has 1 fully saturated rings. The summed E-state index contributed by atoms with van der Waals surface area (Å²) in [5.74, 6) is -0.424. The third-order valence-corrected chi connectivity index (χ3v) is 7.30. The number of Topliss-reactive ketones (excluding diaryl/α,β-unsaturated/α-hetero) is 1. The van der Waals surface area contributed by atoms with Crippen LogP contribution < -0.4 is 5.32 Å². The molecule has 1 aromatic rings. The molecule has 29 heavy (non-hydrogen) atoms. The van der Waals surface area contributed by atoms with E-state index in [1.54, 1.807) is 11.3 Å². The summed E-state index contributed by atoms with van der Waals surface area (Å²) in [6.07, 6.45) is 7.87. The quantitative estimate of drug-likeness (QED) is 0.516. The summed E-state index contributed by atoms with van der Waals surface area (Å²) in [6.45, 7) is 6.21. The van der Waals surface area contributed by atoms with Gasteiger partial charge in [-0.15, -0.1) is 11.3 Å². The molecule has 1 N–H and O–H groups in total. The number of thiophene rings is 1. The lowest BCUT2D eigenvalue weighted by Gasteiger charge is -2.39.